The minimum atomic E-state index is -0.386. The first-order valence-corrected chi connectivity index (χ1v) is 9.44. The van der Waals surface area contributed by atoms with Crippen molar-refractivity contribution in [3.8, 4) is 0 Å². The Bertz CT molecular complexity index is 402. The van der Waals surface area contributed by atoms with Gasteiger partial charge in [0.25, 0.3) is 5.91 Å². The fourth-order valence-electron chi connectivity index (χ4n) is 3.92. The highest BCUT2D eigenvalue weighted by Gasteiger charge is 2.41. The van der Waals surface area contributed by atoms with E-state index in [9.17, 15) is 4.79 Å². The minimum Gasteiger partial charge on any atom is -0.368 e. The van der Waals surface area contributed by atoms with E-state index in [1.807, 2.05) is 13.0 Å². The highest BCUT2D eigenvalue weighted by Crippen LogP contribution is 2.32. The van der Waals surface area contributed by atoms with Crippen LogP contribution in [0.1, 0.15) is 73.6 Å². The smallest absolute Gasteiger partial charge is 0.251 e. The first kappa shape index (κ1) is 21.2. The Morgan fingerprint density at radius 3 is 2.42 bits per heavy atom. The normalized spacial score (nSPS) is 21.2. The Morgan fingerprint density at radius 1 is 1.33 bits per heavy atom. The molecule has 0 radical (unpaired) electrons. The second-order valence-corrected chi connectivity index (χ2v) is 8.43. The molecule has 1 rings (SSSR count). The van der Waals surface area contributed by atoms with Gasteiger partial charge in [0.05, 0.1) is 6.61 Å². The molecule has 1 N–H and O–H groups in total. The highest BCUT2D eigenvalue weighted by atomic mass is 16.5. The number of carbonyl (C=O) groups excluding carboxylic acids is 1. The van der Waals surface area contributed by atoms with Crippen molar-refractivity contribution >= 4 is 5.91 Å². The molecule has 1 aliphatic rings. The predicted octanol–water partition coefficient (Wildman–Crippen LogP) is 3.91. The minimum absolute atomic E-state index is 0.0318. The van der Waals surface area contributed by atoms with Crippen LogP contribution in [0.3, 0.4) is 0 Å². The van der Waals surface area contributed by atoms with E-state index in [1.54, 1.807) is 0 Å². The van der Waals surface area contributed by atoms with Crippen LogP contribution in [0.15, 0.2) is 12.7 Å². The summed E-state index contributed by atoms with van der Waals surface area (Å²) in [6.07, 6.45) is 6.30. The zero-order chi connectivity index (χ0) is 18.4. The molecule has 0 aromatic heterocycles. The van der Waals surface area contributed by atoms with E-state index in [4.69, 9.17) is 4.74 Å². The average molecular weight is 339 g/mol. The Labute approximate surface area is 149 Å². The fourth-order valence-corrected chi connectivity index (χ4v) is 3.92. The second-order valence-electron chi connectivity index (χ2n) is 8.43. The molecule has 0 aromatic carbocycles. The average Bonchev–Trinajstić information content (AvgIpc) is 2.44. The number of ether oxygens (including phenoxy) is 1. The molecule has 1 heterocycles. The SMILES string of the molecule is C=CCCOC(C)C(=O)N(CCCC)C1CC(C)(C)NC(C)(C)C1. The number of carbonyl (C=O) groups is 1. The van der Waals surface area contributed by atoms with Gasteiger partial charge in [0.15, 0.2) is 0 Å². The second kappa shape index (κ2) is 9.00. The van der Waals surface area contributed by atoms with Crippen LogP contribution >= 0.6 is 0 Å². The molecule has 1 fully saturated rings. The molecule has 4 nitrogen and oxygen atoms in total. The summed E-state index contributed by atoms with van der Waals surface area (Å²) in [6.45, 7) is 18.0. The van der Waals surface area contributed by atoms with Crippen molar-refractivity contribution < 1.29 is 9.53 Å². The van der Waals surface area contributed by atoms with Crippen molar-refractivity contribution in [2.75, 3.05) is 13.2 Å². The van der Waals surface area contributed by atoms with Crippen molar-refractivity contribution in [1.82, 2.24) is 10.2 Å². The van der Waals surface area contributed by atoms with Gasteiger partial charge in [0.1, 0.15) is 6.10 Å². The van der Waals surface area contributed by atoms with Crippen molar-refractivity contribution in [1.29, 1.82) is 0 Å². The van der Waals surface area contributed by atoms with Crippen LogP contribution in [-0.4, -0.2) is 47.2 Å². The molecule has 0 saturated carbocycles. The Balaban J connectivity index is 2.86. The lowest BCUT2D eigenvalue weighted by Gasteiger charge is -2.50. The molecular formula is C20H38N2O2. The van der Waals surface area contributed by atoms with Crippen molar-refractivity contribution in [3.63, 3.8) is 0 Å². The summed E-state index contributed by atoms with van der Waals surface area (Å²) >= 11 is 0. The van der Waals surface area contributed by atoms with Crippen LogP contribution in [0, 0.1) is 0 Å². The maximum atomic E-state index is 13.0. The van der Waals surface area contributed by atoms with Gasteiger partial charge in [-0.15, -0.1) is 6.58 Å². The summed E-state index contributed by atoms with van der Waals surface area (Å²) in [6, 6.07) is 0.265. The lowest BCUT2D eigenvalue weighted by molar-refractivity contribution is -0.147. The van der Waals surface area contributed by atoms with Crippen LogP contribution in [0.4, 0.5) is 0 Å². The van der Waals surface area contributed by atoms with Crippen LogP contribution in [0.2, 0.25) is 0 Å². The summed E-state index contributed by atoms with van der Waals surface area (Å²) in [5.41, 5.74) is 0.0637. The Kier molecular flexibility index (Phi) is 7.94. The molecule has 1 atom stereocenters. The number of rotatable bonds is 9. The Hall–Kier alpha value is -0.870. The van der Waals surface area contributed by atoms with E-state index in [0.717, 1.165) is 38.6 Å². The predicted molar refractivity (Wildman–Crippen MR) is 101 cm³/mol. The van der Waals surface area contributed by atoms with Crippen molar-refractivity contribution in [3.05, 3.63) is 12.7 Å². The van der Waals surface area contributed by atoms with E-state index in [0.29, 0.717) is 6.61 Å². The monoisotopic (exact) mass is 338 g/mol. The van der Waals surface area contributed by atoms with Gasteiger partial charge >= 0.3 is 0 Å². The lowest BCUT2D eigenvalue weighted by Crippen LogP contribution is -2.63. The van der Waals surface area contributed by atoms with Gasteiger partial charge in [-0.1, -0.05) is 19.4 Å². The van der Waals surface area contributed by atoms with Gasteiger partial charge in [-0.25, -0.2) is 0 Å². The number of amides is 1. The summed E-state index contributed by atoms with van der Waals surface area (Å²) in [5, 5.41) is 3.70. The van der Waals surface area contributed by atoms with Gasteiger partial charge in [0.2, 0.25) is 0 Å². The standard InChI is InChI=1S/C20H38N2O2/c1-8-10-12-22(18(23)16(3)24-13-11-9-2)17-14-19(4,5)21-20(6,7)15-17/h9,16-17,21H,2,8,10-15H2,1,3-7H3. The van der Waals surface area contributed by atoms with E-state index >= 15 is 0 Å². The third kappa shape index (κ3) is 6.56. The molecule has 0 aromatic rings. The maximum absolute atomic E-state index is 13.0. The molecule has 24 heavy (non-hydrogen) atoms. The fraction of sp³-hybridized carbons (Fsp3) is 0.850. The number of hydrogen-bond acceptors (Lipinski definition) is 3. The first-order chi connectivity index (χ1) is 11.1. The number of hydrogen-bond donors (Lipinski definition) is 1. The third-order valence-electron chi connectivity index (χ3n) is 4.68. The van der Waals surface area contributed by atoms with Crippen molar-refractivity contribution in [2.24, 2.45) is 0 Å². The van der Waals surface area contributed by atoms with Crippen LogP contribution in [-0.2, 0) is 9.53 Å². The summed E-state index contributed by atoms with van der Waals surface area (Å²) in [7, 11) is 0. The van der Waals surface area contributed by atoms with Gasteiger partial charge in [-0.05, 0) is 60.3 Å². The molecule has 0 bridgehead atoms. The first-order valence-electron chi connectivity index (χ1n) is 9.44. The number of nitrogens with one attached hydrogen (secondary N) is 1. The molecule has 1 aliphatic heterocycles. The molecule has 1 saturated heterocycles. The van der Waals surface area contributed by atoms with E-state index in [-0.39, 0.29) is 29.1 Å². The zero-order valence-electron chi connectivity index (χ0n) is 16.7. The highest BCUT2D eigenvalue weighted by molar-refractivity contribution is 5.81. The Morgan fingerprint density at radius 2 is 1.92 bits per heavy atom. The quantitative estimate of drug-likeness (QED) is 0.512. The zero-order valence-corrected chi connectivity index (χ0v) is 16.7. The van der Waals surface area contributed by atoms with Gasteiger partial charge in [-0.3, -0.25) is 4.79 Å². The van der Waals surface area contributed by atoms with Crippen LogP contribution < -0.4 is 5.32 Å². The largest absolute Gasteiger partial charge is 0.368 e. The van der Waals surface area contributed by atoms with E-state index in [2.05, 4.69) is 51.4 Å². The van der Waals surface area contributed by atoms with E-state index < -0.39 is 0 Å². The maximum Gasteiger partial charge on any atom is 0.251 e. The third-order valence-corrected chi connectivity index (χ3v) is 4.68. The molecule has 140 valence electrons. The van der Waals surface area contributed by atoms with Gasteiger partial charge in [0, 0.05) is 23.7 Å². The molecule has 1 unspecified atom stereocenters. The van der Waals surface area contributed by atoms with Gasteiger partial charge < -0.3 is 15.0 Å². The van der Waals surface area contributed by atoms with Crippen LogP contribution in [0.25, 0.3) is 0 Å². The summed E-state index contributed by atoms with van der Waals surface area (Å²) < 4.78 is 5.72. The van der Waals surface area contributed by atoms with Gasteiger partial charge in [-0.2, -0.15) is 0 Å². The molecule has 0 aliphatic carbocycles. The topological polar surface area (TPSA) is 41.6 Å². The summed E-state index contributed by atoms with van der Waals surface area (Å²) in [4.78, 5) is 15.1. The van der Waals surface area contributed by atoms with Crippen LogP contribution in [0.5, 0.6) is 0 Å². The molecule has 1 amide bonds. The molecule has 0 spiro atoms. The summed E-state index contributed by atoms with van der Waals surface area (Å²) in [5.74, 6) is 0.131. The molecule has 4 heteroatoms. The lowest BCUT2D eigenvalue weighted by atomic mass is 9.79. The number of nitrogens with zero attached hydrogens (tertiary/aromatic N) is 1. The number of unbranched alkanes of at least 4 members (excludes halogenated alkanes) is 1. The van der Waals surface area contributed by atoms with E-state index in [1.165, 1.54) is 0 Å². The number of piperidine rings is 1. The van der Waals surface area contributed by atoms with Crippen molar-refractivity contribution in [2.45, 2.75) is 96.9 Å². The molecular weight excluding hydrogens is 300 g/mol.